The quantitative estimate of drug-likeness (QED) is 0.815. The van der Waals surface area contributed by atoms with Gasteiger partial charge < -0.3 is 14.8 Å². The summed E-state index contributed by atoms with van der Waals surface area (Å²) in [6.45, 7) is 0.883. The molecule has 2 aliphatic rings. The molecule has 1 saturated heterocycles. The van der Waals surface area contributed by atoms with Gasteiger partial charge in [0.25, 0.3) is 5.91 Å². The summed E-state index contributed by atoms with van der Waals surface area (Å²) in [4.78, 5) is 24.6. The average Bonchev–Trinajstić information content (AvgIpc) is 2.94. The second-order valence-electron chi connectivity index (χ2n) is 6.20. The van der Waals surface area contributed by atoms with Gasteiger partial charge in [0.2, 0.25) is 15.9 Å². The molecule has 0 saturated carbocycles. The summed E-state index contributed by atoms with van der Waals surface area (Å²) >= 11 is 6.09. The molecule has 0 aliphatic carbocycles. The molecule has 2 aromatic rings. The van der Waals surface area contributed by atoms with Gasteiger partial charge in [-0.05, 0) is 30.3 Å². The molecule has 0 bridgehead atoms. The Balaban J connectivity index is 1.61. The van der Waals surface area contributed by atoms with Crippen LogP contribution in [-0.4, -0.2) is 39.2 Å². The number of nitrogens with one attached hydrogen (secondary N) is 1. The van der Waals surface area contributed by atoms with Crippen molar-refractivity contribution in [2.24, 2.45) is 0 Å². The summed E-state index contributed by atoms with van der Waals surface area (Å²) in [5, 5.41) is 2.77. The second-order valence-corrected chi connectivity index (χ2v) is 8.55. The SMILES string of the molecule is O=C(Nc1ccc2c(c1)OCCO2)c1ccc(Cl)c(N2C(=O)CCS2(=O)=O)c1. The maximum atomic E-state index is 12.6. The van der Waals surface area contributed by atoms with Crippen LogP contribution in [0.5, 0.6) is 11.5 Å². The molecule has 8 nitrogen and oxygen atoms in total. The number of carbonyl (C=O) groups excluding carboxylic acids is 2. The predicted molar refractivity (Wildman–Crippen MR) is 103 cm³/mol. The third kappa shape index (κ3) is 3.38. The molecule has 0 unspecified atom stereocenters. The van der Waals surface area contributed by atoms with Crippen LogP contribution in [0, 0.1) is 0 Å². The Kier molecular flexibility index (Phi) is 4.64. The molecule has 0 spiro atoms. The Labute approximate surface area is 166 Å². The van der Waals surface area contributed by atoms with Crippen molar-refractivity contribution >= 4 is 44.8 Å². The molecule has 0 aromatic heterocycles. The number of fused-ring (bicyclic) bond motifs is 1. The van der Waals surface area contributed by atoms with Crippen molar-refractivity contribution in [2.45, 2.75) is 6.42 Å². The number of nitrogens with zero attached hydrogens (tertiary/aromatic N) is 1. The number of ether oxygens (including phenoxy) is 2. The van der Waals surface area contributed by atoms with E-state index in [2.05, 4.69) is 5.32 Å². The number of halogens is 1. The van der Waals surface area contributed by atoms with E-state index in [1.807, 2.05) is 0 Å². The average molecular weight is 423 g/mol. The van der Waals surface area contributed by atoms with E-state index in [9.17, 15) is 18.0 Å². The normalized spacial score (nSPS) is 17.5. The van der Waals surface area contributed by atoms with Crippen molar-refractivity contribution in [1.82, 2.24) is 0 Å². The van der Waals surface area contributed by atoms with Crippen LogP contribution >= 0.6 is 11.6 Å². The summed E-state index contributed by atoms with van der Waals surface area (Å²) in [7, 11) is -3.79. The van der Waals surface area contributed by atoms with E-state index in [0.717, 1.165) is 0 Å². The molecule has 1 N–H and O–H groups in total. The highest BCUT2D eigenvalue weighted by atomic mass is 35.5. The first-order chi connectivity index (χ1) is 13.3. The number of hydrogen-bond acceptors (Lipinski definition) is 6. The fourth-order valence-electron chi connectivity index (χ4n) is 2.98. The lowest BCUT2D eigenvalue weighted by molar-refractivity contribution is -0.116. The second kappa shape index (κ2) is 6.99. The van der Waals surface area contributed by atoms with E-state index in [0.29, 0.717) is 34.7 Å². The van der Waals surface area contributed by atoms with E-state index in [1.165, 1.54) is 18.2 Å². The lowest BCUT2D eigenvalue weighted by atomic mass is 10.1. The van der Waals surface area contributed by atoms with Gasteiger partial charge in [0.1, 0.15) is 13.2 Å². The summed E-state index contributed by atoms with van der Waals surface area (Å²) in [5.41, 5.74) is 0.610. The molecule has 28 heavy (non-hydrogen) atoms. The number of hydrogen-bond donors (Lipinski definition) is 1. The first kappa shape index (κ1) is 18.6. The lowest BCUT2D eigenvalue weighted by Gasteiger charge is -2.19. The van der Waals surface area contributed by atoms with Crippen molar-refractivity contribution in [2.75, 3.05) is 28.6 Å². The van der Waals surface area contributed by atoms with Crippen LogP contribution in [0.3, 0.4) is 0 Å². The molecule has 4 rings (SSSR count). The van der Waals surface area contributed by atoms with Crippen LogP contribution < -0.4 is 19.1 Å². The molecule has 146 valence electrons. The fourth-order valence-corrected chi connectivity index (χ4v) is 4.70. The minimum Gasteiger partial charge on any atom is -0.486 e. The third-order valence-corrected chi connectivity index (χ3v) is 6.30. The zero-order valence-electron chi connectivity index (χ0n) is 14.5. The van der Waals surface area contributed by atoms with Gasteiger partial charge in [-0.15, -0.1) is 0 Å². The molecule has 2 amide bonds. The Bertz CT molecular complexity index is 1090. The van der Waals surface area contributed by atoms with Gasteiger partial charge in [-0.2, -0.15) is 0 Å². The van der Waals surface area contributed by atoms with Gasteiger partial charge >= 0.3 is 0 Å². The van der Waals surface area contributed by atoms with Crippen molar-refractivity contribution in [3.63, 3.8) is 0 Å². The van der Waals surface area contributed by atoms with E-state index >= 15 is 0 Å². The smallest absolute Gasteiger partial charge is 0.255 e. The third-order valence-electron chi connectivity index (χ3n) is 4.31. The maximum absolute atomic E-state index is 12.6. The summed E-state index contributed by atoms with van der Waals surface area (Å²) in [6, 6.07) is 9.11. The van der Waals surface area contributed by atoms with Crippen molar-refractivity contribution in [3.8, 4) is 11.5 Å². The van der Waals surface area contributed by atoms with E-state index in [4.69, 9.17) is 21.1 Å². The first-order valence-electron chi connectivity index (χ1n) is 8.41. The van der Waals surface area contributed by atoms with Crippen molar-refractivity contribution in [3.05, 3.63) is 47.0 Å². The van der Waals surface area contributed by atoms with Gasteiger partial charge in [0.05, 0.1) is 16.5 Å². The zero-order chi connectivity index (χ0) is 19.9. The van der Waals surface area contributed by atoms with Crippen LogP contribution in [0.15, 0.2) is 36.4 Å². The van der Waals surface area contributed by atoms with Gasteiger partial charge in [0.15, 0.2) is 11.5 Å². The van der Waals surface area contributed by atoms with Gasteiger partial charge in [-0.1, -0.05) is 11.6 Å². The molecular formula is C18H15ClN2O6S. The highest BCUT2D eigenvalue weighted by molar-refractivity contribution is 7.94. The van der Waals surface area contributed by atoms with E-state index < -0.39 is 21.8 Å². The number of amides is 2. The van der Waals surface area contributed by atoms with Crippen LogP contribution in [0.25, 0.3) is 0 Å². The van der Waals surface area contributed by atoms with E-state index in [-0.39, 0.29) is 28.4 Å². The Morgan fingerprint density at radius 1 is 1.07 bits per heavy atom. The largest absolute Gasteiger partial charge is 0.486 e. The minimum atomic E-state index is -3.79. The first-order valence-corrected chi connectivity index (χ1v) is 10.4. The summed E-state index contributed by atoms with van der Waals surface area (Å²) in [6.07, 6.45) is -0.119. The van der Waals surface area contributed by atoms with Crippen molar-refractivity contribution in [1.29, 1.82) is 0 Å². The summed E-state index contributed by atoms with van der Waals surface area (Å²) in [5.74, 6) is -0.231. The van der Waals surface area contributed by atoms with Crippen LogP contribution in [-0.2, 0) is 14.8 Å². The van der Waals surface area contributed by atoms with Crippen LogP contribution in [0.4, 0.5) is 11.4 Å². The van der Waals surface area contributed by atoms with Crippen LogP contribution in [0.2, 0.25) is 5.02 Å². The molecule has 0 radical (unpaired) electrons. The number of carbonyl (C=O) groups is 2. The zero-order valence-corrected chi connectivity index (χ0v) is 16.0. The Morgan fingerprint density at radius 3 is 2.54 bits per heavy atom. The van der Waals surface area contributed by atoms with E-state index in [1.54, 1.807) is 18.2 Å². The lowest BCUT2D eigenvalue weighted by Crippen LogP contribution is -2.30. The molecule has 0 atom stereocenters. The van der Waals surface area contributed by atoms with Gasteiger partial charge in [-0.25, -0.2) is 12.7 Å². The minimum absolute atomic E-state index is 0.0287. The Morgan fingerprint density at radius 2 is 1.82 bits per heavy atom. The number of anilines is 2. The molecular weight excluding hydrogens is 408 g/mol. The highest BCUT2D eigenvalue weighted by Crippen LogP contribution is 2.34. The molecule has 1 fully saturated rings. The fraction of sp³-hybridized carbons (Fsp3) is 0.222. The van der Waals surface area contributed by atoms with Crippen LogP contribution in [0.1, 0.15) is 16.8 Å². The topological polar surface area (TPSA) is 102 Å². The predicted octanol–water partition coefficient (Wildman–Crippen LogP) is 2.43. The monoisotopic (exact) mass is 422 g/mol. The van der Waals surface area contributed by atoms with Gasteiger partial charge in [0, 0.05) is 23.7 Å². The molecule has 2 heterocycles. The number of benzene rings is 2. The molecule has 2 aromatic carbocycles. The number of rotatable bonds is 3. The standard InChI is InChI=1S/C18H15ClN2O6S/c19-13-3-1-11(9-14(13)21-17(22)5-8-28(21,24)25)18(23)20-12-2-4-15-16(10-12)27-7-6-26-15/h1-4,9-10H,5-8H2,(H,20,23). The highest BCUT2D eigenvalue weighted by Gasteiger charge is 2.37. The Hall–Kier alpha value is -2.78. The van der Waals surface area contributed by atoms with Gasteiger partial charge in [-0.3, -0.25) is 9.59 Å². The van der Waals surface area contributed by atoms with Crippen molar-refractivity contribution < 1.29 is 27.5 Å². The molecule has 2 aliphatic heterocycles. The molecule has 10 heteroatoms. The summed E-state index contributed by atoms with van der Waals surface area (Å²) < 4.78 is 35.9. The number of sulfonamides is 1. The maximum Gasteiger partial charge on any atom is 0.255 e.